The Kier molecular flexibility index (Phi) is 6.69. The Hall–Kier alpha value is -3.26. The molecule has 144 valence electrons. The highest BCUT2D eigenvalue weighted by Gasteiger charge is 2.12. The van der Waals surface area contributed by atoms with E-state index in [0.29, 0.717) is 17.5 Å². The summed E-state index contributed by atoms with van der Waals surface area (Å²) in [7, 11) is 0. The van der Waals surface area contributed by atoms with Gasteiger partial charge < -0.3 is 20.4 Å². The van der Waals surface area contributed by atoms with Gasteiger partial charge >= 0.3 is 5.97 Å². The molecule has 28 heavy (non-hydrogen) atoms. The van der Waals surface area contributed by atoms with Crippen LogP contribution in [0.4, 0.5) is 17.1 Å². The van der Waals surface area contributed by atoms with Crippen molar-refractivity contribution in [3.8, 4) is 0 Å². The zero-order chi connectivity index (χ0) is 19.8. The third kappa shape index (κ3) is 5.62. The third-order valence-electron chi connectivity index (χ3n) is 3.62. The predicted octanol–water partition coefficient (Wildman–Crippen LogP) is 4.06. The lowest BCUT2D eigenvalue weighted by Gasteiger charge is -2.08. The average molecular weight is 396 g/mol. The van der Waals surface area contributed by atoms with Gasteiger partial charge in [-0.1, -0.05) is 30.0 Å². The number of carbonyl (C=O) groups is 2. The largest absolute Gasteiger partial charge is 0.461 e. The topological polar surface area (TPSA) is 96.1 Å². The zero-order valence-electron chi connectivity index (χ0n) is 15.3. The lowest BCUT2D eigenvalue weighted by atomic mass is 10.2. The number of nitrogens with zero attached hydrogens (tertiary/aromatic N) is 1. The van der Waals surface area contributed by atoms with Gasteiger partial charge in [0.15, 0.2) is 5.16 Å². The normalized spacial score (nSPS) is 10.3. The highest BCUT2D eigenvalue weighted by Crippen LogP contribution is 2.19. The molecule has 7 nitrogen and oxygen atoms in total. The zero-order valence-corrected chi connectivity index (χ0v) is 16.1. The molecule has 0 fully saturated rings. The van der Waals surface area contributed by atoms with Crippen LogP contribution in [0.1, 0.15) is 17.4 Å². The maximum Gasteiger partial charge on any atom is 0.356 e. The van der Waals surface area contributed by atoms with Crippen LogP contribution < -0.4 is 10.6 Å². The second-order valence-corrected chi connectivity index (χ2v) is 6.69. The molecule has 0 saturated heterocycles. The number of carbonyl (C=O) groups excluding carboxylic acids is 2. The van der Waals surface area contributed by atoms with Gasteiger partial charge in [-0.05, 0) is 43.3 Å². The van der Waals surface area contributed by atoms with Crippen molar-refractivity contribution in [2.24, 2.45) is 0 Å². The van der Waals surface area contributed by atoms with Crippen molar-refractivity contribution in [1.82, 2.24) is 9.97 Å². The van der Waals surface area contributed by atoms with Crippen LogP contribution in [0.25, 0.3) is 0 Å². The first-order chi connectivity index (χ1) is 13.6. The maximum absolute atomic E-state index is 12.1. The maximum atomic E-state index is 12.1. The summed E-state index contributed by atoms with van der Waals surface area (Å²) in [4.78, 5) is 30.6. The van der Waals surface area contributed by atoms with E-state index in [1.807, 2.05) is 54.6 Å². The fraction of sp³-hybridized carbons (Fsp3) is 0.150. The van der Waals surface area contributed by atoms with Gasteiger partial charge in [0.25, 0.3) is 0 Å². The van der Waals surface area contributed by atoms with Crippen LogP contribution >= 0.6 is 11.8 Å². The molecule has 2 aromatic carbocycles. The Morgan fingerprint density at radius 3 is 2.43 bits per heavy atom. The minimum absolute atomic E-state index is 0.164. The van der Waals surface area contributed by atoms with Gasteiger partial charge in [-0.2, -0.15) is 0 Å². The Bertz CT molecular complexity index is 926. The molecule has 3 aromatic rings. The number of rotatable bonds is 8. The second-order valence-electron chi connectivity index (χ2n) is 5.73. The smallest absolute Gasteiger partial charge is 0.356 e. The van der Waals surface area contributed by atoms with Crippen LogP contribution in [0, 0.1) is 0 Å². The number of imidazole rings is 1. The van der Waals surface area contributed by atoms with E-state index in [1.54, 1.807) is 6.92 Å². The Labute approximate surface area is 166 Å². The van der Waals surface area contributed by atoms with Crippen LogP contribution in [0.5, 0.6) is 0 Å². The summed E-state index contributed by atoms with van der Waals surface area (Å²) in [6.45, 7) is 2.03. The van der Waals surface area contributed by atoms with E-state index in [9.17, 15) is 9.59 Å². The van der Waals surface area contributed by atoms with Gasteiger partial charge in [0, 0.05) is 17.1 Å². The van der Waals surface area contributed by atoms with E-state index in [4.69, 9.17) is 4.74 Å². The predicted molar refractivity (Wildman–Crippen MR) is 110 cm³/mol. The van der Waals surface area contributed by atoms with Crippen molar-refractivity contribution >= 4 is 40.7 Å². The number of H-pyrrole nitrogens is 1. The number of amides is 1. The number of esters is 1. The monoisotopic (exact) mass is 396 g/mol. The molecule has 0 unspecified atom stereocenters. The summed E-state index contributed by atoms with van der Waals surface area (Å²) >= 11 is 1.21. The van der Waals surface area contributed by atoms with Crippen molar-refractivity contribution in [3.63, 3.8) is 0 Å². The lowest BCUT2D eigenvalue weighted by Crippen LogP contribution is -2.14. The summed E-state index contributed by atoms with van der Waals surface area (Å²) in [6.07, 6.45) is 1.40. The van der Waals surface area contributed by atoms with Crippen molar-refractivity contribution in [3.05, 3.63) is 66.5 Å². The number of para-hydroxylation sites is 1. The molecule has 1 heterocycles. The molecular formula is C20H20N4O3S. The Balaban J connectivity index is 1.47. The van der Waals surface area contributed by atoms with Gasteiger partial charge in [0.05, 0.1) is 18.6 Å². The number of hydrogen-bond donors (Lipinski definition) is 3. The first-order valence-electron chi connectivity index (χ1n) is 8.71. The van der Waals surface area contributed by atoms with Gasteiger partial charge in [-0.3, -0.25) is 4.79 Å². The molecule has 8 heteroatoms. The number of aromatic nitrogens is 2. The average Bonchev–Trinajstić information content (AvgIpc) is 3.18. The summed E-state index contributed by atoms with van der Waals surface area (Å²) in [5.74, 6) is -0.460. The fourth-order valence-electron chi connectivity index (χ4n) is 2.34. The molecular weight excluding hydrogens is 376 g/mol. The van der Waals surface area contributed by atoms with E-state index >= 15 is 0 Å². The number of anilines is 3. The number of hydrogen-bond acceptors (Lipinski definition) is 6. The van der Waals surface area contributed by atoms with Crippen LogP contribution in [0.3, 0.4) is 0 Å². The molecule has 3 rings (SSSR count). The van der Waals surface area contributed by atoms with Crippen LogP contribution in [-0.2, 0) is 9.53 Å². The van der Waals surface area contributed by atoms with E-state index in [1.165, 1.54) is 18.0 Å². The van der Waals surface area contributed by atoms with Gasteiger partial charge in [-0.25, -0.2) is 9.78 Å². The Morgan fingerprint density at radius 1 is 1.04 bits per heavy atom. The molecule has 0 saturated carbocycles. The second kappa shape index (κ2) is 9.61. The summed E-state index contributed by atoms with van der Waals surface area (Å²) in [5, 5.41) is 6.60. The van der Waals surface area contributed by atoms with Crippen LogP contribution in [-0.4, -0.2) is 34.2 Å². The van der Waals surface area contributed by atoms with E-state index in [2.05, 4.69) is 20.6 Å². The molecule has 1 aromatic heterocycles. The lowest BCUT2D eigenvalue weighted by molar-refractivity contribution is -0.113. The molecule has 0 aliphatic carbocycles. The van der Waals surface area contributed by atoms with Crippen LogP contribution in [0.2, 0.25) is 0 Å². The number of ether oxygens (including phenoxy) is 1. The molecule has 0 aliphatic heterocycles. The number of thioether (sulfide) groups is 1. The number of benzene rings is 2. The highest BCUT2D eigenvalue weighted by molar-refractivity contribution is 7.99. The molecule has 3 N–H and O–H groups in total. The van der Waals surface area contributed by atoms with E-state index in [-0.39, 0.29) is 17.4 Å². The molecule has 0 spiro atoms. The van der Waals surface area contributed by atoms with Crippen molar-refractivity contribution in [2.75, 3.05) is 23.0 Å². The first-order valence-corrected chi connectivity index (χ1v) is 9.69. The number of nitrogens with one attached hydrogen (secondary N) is 3. The molecule has 0 radical (unpaired) electrons. The highest BCUT2D eigenvalue weighted by atomic mass is 32.2. The minimum Gasteiger partial charge on any atom is -0.461 e. The molecule has 0 aliphatic rings. The van der Waals surface area contributed by atoms with E-state index in [0.717, 1.165) is 11.4 Å². The Morgan fingerprint density at radius 2 is 1.71 bits per heavy atom. The van der Waals surface area contributed by atoms with Crippen molar-refractivity contribution in [1.29, 1.82) is 0 Å². The summed E-state index contributed by atoms with van der Waals surface area (Å²) in [5.41, 5.74) is 2.90. The van der Waals surface area contributed by atoms with Crippen molar-refractivity contribution < 1.29 is 14.3 Å². The van der Waals surface area contributed by atoms with Gasteiger partial charge in [0.1, 0.15) is 5.69 Å². The first kappa shape index (κ1) is 19.5. The third-order valence-corrected chi connectivity index (χ3v) is 4.51. The molecule has 1 amide bonds. The molecule has 0 atom stereocenters. The van der Waals surface area contributed by atoms with Gasteiger partial charge in [-0.15, -0.1) is 0 Å². The van der Waals surface area contributed by atoms with Crippen molar-refractivity contribution in [2.45, 2.75) is 12.1 Å². The van der Waals surface area contributed by atoms with E-state index < -0.39 is 5.97 Å². The quantitative estimate of drug-likeness (QED) is 0.392. The minimum atomic E-state index is -0.462. The summed E-state index contributed by atoms with van der Waals surface area (Å²) in [6, 6.07) is 17.3. The number of aromatic amines is 1. The van der Waals surface area contributed by atoms with Crippen LogP contribution in [0.15, 0.2) is 66.0 Å². The van der Waals surface area contributed by atoms with Gasteiger partial charge in [0.2, 0.25) is 5.91 Å². The SMILES string of the molecule is CCOC(=O)c1cnc(SCC(=O)Nc2ccc(Nc3ccccc3)cc2)[nH]1. The standard InChI is InChI=1S/C20H20N4O3S/c1-2-27-19(26)17-12-21-20(24-17)28-13-18(25)23-16-10-8-15(9-11-16)22-14-6-4-3-5-7-14/h3-12,22H,2,13H2,1H3,(H,21,24)(H,23,25). The fourth-order valence-corrected chi connectivity index (χ4v) is 2.99. The summed E-state index contributed by atoms with van der Waals surface area (Å²) < 4.78 is 4.89. The molecule has 0 bridgehead atoms.